The molecule has 0 radical (unpaired) electrons. The van der Waals surface area contributed by atoms with Gasteiger partial charge in [0, 0.05) is 31.2 Å². The smallest absolute Gasteiger partial charge is 0.221 e. The Kier molecular flexibility index (Phi) is 6.43. The maximum Gasteiger partial charge on any atom is 0.221 e. The van der Waals surface area contributed by atoms with Gasteiger partial charge in [0.2, 0.25) is 5.91 Å². The molecule has 0 unspecified atom stereocenters. The second-order valence-corrected chi connectivity index (χ2v) is 4.83. The zero-order valence-corrected chi connectivity index (χ0v) is 11.5. The van der Waals surface area contributed by atoms with Gasteiger partial charge >= 0.3 is 0 Å². The van der Waals surface area contributed by atoms with Gasteiger partial charge in [-0.3, -0.25) is 9.89 Å². The van der Waals surface area contributed by atoms with Gasteiger partial charge in [0.1, 0.15) is 0 Å². The highest BCUT2D eigenvalue weighted by Gasteiger charge is 2.02. The Bertz CT molecular complexity index is 360. The van der Waals surface area contributed by atoms with E-state index >= 15 is 0 Å². The van der Waals surface area contributed by atoms with Crippen LogP contribution in [-0.2, 0) is 11.2 Å². The SMILES string of the molecule is Cc1[nH]ncc1CCCNC(=O)CCNC(C)C. The van der Waals surface area contributed by atoms with Crippen LogP contribution in [-0.4, -0.2) is 35.2 Å². The lowest BCUT2D eigenvalue weighted by Gasteiger charge is -2.08. The monoisotopic (exact) mass is 252 g/mol. The maximum absolute atomic E-state index is 11.5. The van der Waals surface area contributed by atoms with E-state index in [1.54, 1.807) is 0 Å². The number of aromatic amines is 1. The Hall–Kier alpha value is -1.36. The Morgan fingerprint density at radius 3 is 2.83 bits per heavy atom. The average Bonchev–Trinajstić information content (AvgIpc) is 2.70. The van der Waals surface area contributed by atoms with Crippen LogP contribution in [0.2, 0.25) is 0 Å². The van der Waals surface area contributed by atoms with Gasteiger partial charge in [-0.05, 0) is 25.3 Å². The standard InChI is InChI=1S/C13H24N4O/c1-10(2)14-8-6-13(18)15-7-4-5-12-9-16-17-11(12)3/h9-10,14H,4-8H2,1-3H3,(H,15,18)(H,16,17). The van der Waals surface area contributed by atoms with E-state index in [1.165, 1.54) is 5.56 Å². The molecule has 0 aliphatic carbocycles. The third-order valence-electron chi connectivity index (χ3n) is 2.78. The van der Waals surface area contributed by atoms with Crippen LogP contribution < -0.4 is 10.6 Å². The largest absolute Gasteiger partial charge is 0.356 e. The van der Waals surface area contributed by atoms with E-state index in [2.05, 4.69) is 34.7 Å². The van der Waals surface area contributed by atoms with Gasteiger partial charge in [-0.25, -0.2) is 0 Å². The van der Waals surface area contributed by atoms with E-state index in [1.807, 2.05) is 13.1 Å². The summed E-state index contributed by atoms with van der Waals surface area (Å²) < 4.78 is 0. The van der Waals surface area contributed by atoms with Gasteiger partial charge in [-0.1, -0.05) is 13.8 Å². The first kappa shape index (κ1) is 14.7. The number of nitrogens with zero attached hydrogens (tertiary/aromatic N) is 1. The van der Waals surface area contributed by atoms with Crippen molar-refractivity contribution in [1.82, 2.24) is 20.8 Å². The molecule has 0 aromatic carbocycles. The molecule has 1 aromatic rings. The van der Waals surface area contributed by atoms with E-state index in [-0.39, 0.29) is 5.91 Å². The first-order chi connectivity index (χ1) is 8.59. The molecule has 102 valence electrons. The molecule has 0 saturated carbocycles. The van der Waals surface area contributed by atoms with Gasteiger partial charge in [-0.15, -0.1) is 0 Å². The lowest BCUT2D eigenvalue weighted by molar-refractivity contribution is -0.121. The van der Waals surface area contributed by atoms with Gasteiger partial charge in [0.25, 0.3) is 0 Å². The number of amides is 1. The first-order valence-corrected chi connectivity index (χ1v) is 6.58. The van der Waals surface area contributed by atoms with Gasteiger partial charge < -0.3 is 10.6 Å². The third kappa shape index (κ3) is 5.82. The van der Waals surface area contributed by atoms with Crippen LogP contribution in [0, 0.1) is 6.92 Å². The van der Waals surface area contributed by atoms with Crippen LogP contribution in [0.15, 0.2) is 6.20 Å². The number of nitrogens with one attached hydrogen (secondary N) is 3. The van der Waals surface area contributed by atoms with E-state index < -0.39 is 0 Å². The molecule has 0 atom stereocenters. The average molecular weight is 252 g/mol. The van der Waals surface area contributed by atoms with Crippen molar-refractivity contribution in [3.8, 4) is 0 Å². The number of hydrogen-bond acceptors (Lipinski definition) is 3. The summed E-state index contributed by atoms with van der Waals surface area (Å²) in [5, 5.41) is 13.0. The molecule has 1 heterocycles. The summed E-state index contributed by atoms with van der Waals surface area (Å²) in [4.78, 5) is 11.5. The molecule has 0 spiro atoms. The molecule has 0 aliphatic rings. The molecule has 5 heteroatoms. The molecular formula is C13H24N4O. The fraction of sp³-hybridized carbons (Fsp3) is 0.692. The van der Waals surface area contributed by atoms with Gasteiger partial charge in [0.15, 0.2) is 0 Å². The predicted octanol–water partition coefficient (Wildman–Crippen LogP) is 1.16. The summed E-state index contributed by atoms with van der Waals surface area (Å²) >= 11 is 0. The van der Waals surface area contributed by atoms with Crippen molar-refractivity contribution in [3.05, 3.63) is 17.5 Å². The maximum atomic E-state index is 11.5. The van der Waals surface area contributed by atoms with Crippen molar-refractivity contribution in [1.29, 1.82) is 0 Å². The summed E-state index contributed by atoms with van der Waals surface area (Å²) in [7, 11) is 0. The van der Waals surface area contributed by atoms with E-state index in [9.17, 15) is 4.79 Å². The van der Waals surface area contributed by atoms with Crippen LogP contribution in [0.25, 0.3) is 0 Å². The van der Waals surface area contributed by atoms with E-state index in [4.69, 9.17) is 0 Å². The Morgan fingerprint density at radius 1 is 1.44 bits per heavy atom. The van der Waals surface area contributed by atoms with Crippen molar-refractivity contribution >= 4 is 5.91 Å². The molecule has 3 N–H and O–H groups in total. The number of carbonyl (C=O) groups is 1. The predicted molar refractivity (Wildman–Crippen MR) is 72.4 cm³/mol. The Labute approximate surface area is 109 Å². The number of aromatic nitrogens is 2. The van der Waals surface area contributed by atoms with Crippen molar-refractivity contribution in [3.63, 3.8) is 0 Å². The molecule has 0 bridgehead atoms. The Morgan fingerprint density at radius 2 is 2.22 bits per heavy atom. The number of aryl methyl sites for hydroxylation is 2. The van der Waals surface area contributed by atoms with Crippen LogP contribution in [0.1, 0.15) is 37.9 Å². The first-order valence-electron chi connectivity index (χ1n) is 6.58. The molecule has 18 heavy (non-hydrogen) atoms. The molecular weight excluding hydrogens is 228 g/mol. The normalized spacial score (nSPS) is 10.9. The third-order valence-corrected chi connectivity index (χ3v) is 2.78. The highest BCUT2D eigenvalue weighted by Crippen LogP contribution is 2.04. The quantitative estimate of drug-likeness (QED) is 0.608. The Balaban J connectivity index is 2.04. The minimum atomic E-state index is 0.118. The summed E-state index contributed by atoms with van der Waals surface area (Å²) in [6.45, 7) is 7.63. The second-order valence-electron chi connectivity index (χ2n) is 4.83. The topological polar surface area (TPSA) is 69.8 Å². The number of carbonyl (C=O) groups excluding carboxylic acids is 1. The molecule has 0 fully saturated rings. The highest BCUT2D eigenvalue weighted by molar-refractivity contribution is 5.75. The number of hydrogen-bond donors (Lipinski definition) is 3. The van der Waals surface area contributed by atoms with Crippen LogP contribution in [0.4, 0.5) is 0 Å². The minimum Gasteiger partial charge on any atom is -0.356 e. The zero-order chi connectivity index (χ0) is 13.4. The van der Waals surface area contributed by atoms with Gasteiger partial charge in [-0.2, -0.15) is 5.10 Å². The number of rotatable bonds is 8. The van der Waals surface area contributed by atoms with Crippen LogP contribution in [0.3, 0.4) is 0 Å². The van der Waals surface area contributed by atoms with Crippen LogP contribution in [0.5, 0.6) is 0 Å². The summed E-state index contributed by atoms with van der Waals surface area (Å²) in [5.41, 5.74) is 2.34. The fourth-order valence-electron chi connectivity index (χ4n) is 1.70. The molecule has 5 nitrogen and oxygen atoms in total. The van der Waals surface area contributed by atoms with Crippen molar-refractivity contribution in [2.45, 2.75) is 46.1 Å². The van der Waals surface area contributed by atoms with Gasteiger partial charge in [0.05, 0.1) is 6.20 Å². The second kappa shape index (κ2) is 7.87. The van der Waals surface area contributed by atoms with Crippen LogP contribution >= 0.6 is 0 Å². The molecule has 1 rings (SSSR count). The summed E-state index contributed by atoms with van der Waals surface area (Å²) in [6, 6.07) is 0.432. The fourth-order valence-corrected chi connectivity index (χ4v) is 1.70. The van der Waals surface area contributed by atoms with Crippen molar-refractivity contribution < 1.29 is 4.79 Å². The number of H-pyrrole nitrogens is 1. The van der Waals surface area contributed by atoms with E-state index in [0.717, 1.165) is 31.6 Å². The van der Waals surface area contributed by atoms with Crippen molar-refractivity contribution in [2.24, 2.45) is 0 Å². The lowest BCUT2D eigenvalue weighted by atomic mass is 10.1. The lowest BCUT2D eigenvalue weighted by Crippen LogP contribution is -2.31. The molecule has 1 aromatic heterocycles. The minimum absolute atomic E-state index is 0.118. The highest BCUT2D eigenvalue weighted by atomic mass is 16.1. The van der Waals surface area contributed by atoms with Crippen molar-refractivity contribution in [2.75, 3.05) is 13.1 Å². The molecule has 0 aliphatic heterocycles. The molecule has 0 saturated heterocycles. The van der Waals surface area contributed by atoms with E-state index in [0.29, 0.717) is 12.5 Å². The zero-order valence-electron chi connectivity index (χ0n) is 11.5. The molecule has 1 amide bonds. The summed E-state index contributed by atoms with van der Waals surface area (Å²) in [5.74, 6) is 0.118. The summed E-state index contributed by atoms with van der Waals surface area (Å²) in [6.07, 6.45) is 4.29.